The number of methoxy groups -OCH3 is 1. The number of carbonyl (C=O) groups excluding carboxylic acids is 2. The number of primary sulfonamides is 1. The van der Waals surface area contributed by atoms with Gasteiger partial charge in [-0.3, -0.25) is 4.79 Å². The smallest absolute Gasteiger partial charge is 0.342 e. The average Bonchev–Trinajstić information content (AvgIpc) is 2.70. The summed E-state index contributed by atoms with van der Waals surface area (Å²) in [5.74, 6) is -1.03. The summed E-state index contributed by atoms with van der Waals surface area (Å²) in [5.41, 5.74) is 0.399. The third-order valence-corrected chi connectivity index (χ3v) is 4.98. The number of amides is 1. The molecule has 0 saturated heterocycles. The summed E-state index contributed by atoms with van der Waals surface area (Å²) in [7, 11) is -2.46. The molecule has 3 N–H and O–H groups in total. The van der Waals surface area contributed by atoms with E-state index in [1.165, 1.54) is 31.4 Å². The van der Waals surface area contributed by atoms with E-state index in [9.17, 15) is 18.0 Å². The van der Waals surface area contributed by atoms with Crippen LogP contribution in [-0.2, 0) is 19.6 Å². The Morgan fingerprint density at radius 2 is 1.69 bits per heavy atom. The van der Waals surface area contributed by atoms with Gasteiger partial charge in [0, 0.05) is 5.69 Å². The van der Waals surface area contributed by atoms with E-state index in [1.807, 2.05) is 24.3 Å². The molecule has 0 bridgehead atoms. The maximum atomic E-state index is 12.4. The van der Waals surface area contributed by atoms with Crippen LogP contribution in [-0.4, -0.2) is 34.0 Å². The van der Waals surface area contributed by atoms with Gasteiger partial charge in [-0.2, -0.15) is 0 Å². The van der Waals surface area contributed by atoms with Crippen molar-refractivity contribution in [2.75, 3.05) is 19.0 Å². The number of hydrogen-bond acceptors (Lipinski definition) is 6. The zero-order chi connectivity index (χ0) is 21.0. The summed E-state index contributed by atoms with van der Waals surface area (Å²) in [6, 6.07) is 16.2. The lowest BCUT2D eigenvalue weighted by Gasteiger charge is -2.11. The average molecular weight is 414 g/mol. The van der Waals surface area contributed by atoms with E-state index in [1.54, 1.807) is 12.1 Å². The SMILES string of the molecule is COc1cc2ccccc2cc1C(=O)OCC(=O)Nc1cccc(S(N)(=O)=O)c1. The van der Waals surface area contributed by atoms with E-state index in [2.05, 4.69) is 5.32 Å². The zero-order valence-corrected chi connectivity index (χ0v) is 16.2. The van der Waals surface area contributed by atoms with Crippen molar-refractivity contribution in [1.29, 1.82) is 0 Å². The number of esters is 1. The summed E-state index contributed by atoms with van der Waals surface area (Å²) in [6.45, 7) is -0.561. The molecule has 0 radical (unpaired) electrons. The number of fused-ring (bicyclic) bond motifs is 1. The summed E-state index contributed by atoms with van der Waals surface area (Å²) in [4.78, 5) is 24.4. The fourth-order valence-corrected chi connectivity index (χ4v) is 3.26. The predicted octanol–water partition coefficient (Wildman–Crippen LogP) is 2.29. The van der Waals surface area contributed by atoms with Gasteiger partial charge in [-0.25, -0.2) is 18.4 Å². The number of sulfonamides is 1. The normalized spacial score (nSPS) is 11.1. The lowest BCUT2D eigenvalue weighted by atomic mass is 10.1. The van der Waals surface area contributed by atoms with Gasteiger partial charge in [0.2, 0.25) is 10.0 Å². The molecular formula is C20H18N2O6S. The second-order valence-electron chi connectivity index (χ2n) is 6.10. The minimum Gasteiger partial charge on any atom is -0.496 e. The zero-order valence-electron chi connectivity index (χ0n) is 15.4. The molecule has 0 aliphatic heterocycles. The predicted molar refractivity (Wildman–Crippen MR) is 107 cm³/mol. The number of rotatable bonds is 6. The van der Waals surface area contributed by atoms with Crippen molar-refractivity contribution in [2.45, 2.75) is 4.90 Å². The number of benzene rings is 3. The Morgan fingerprint density at radius 3 is 2.34 bits per heavy atom. The molecule has 3 rings (SSSR count). The van der Waals surface area contributed by atoms with Gasteiger partial charge in [0.25, 0.3) is 5.91 Å². The number of hydrogen-bond donors (Lipinski definition) is 2. The van der Waals surface area contributed by atoms with Crippen LogP contribution in [0.3, 0.4) is 0 Å². The van der Waals surface area contributed by atoms with Crippen molar-refractivity contribution in [3.8, 4) is 5.75 Å². The highest BCUT2D eigenvalue weighted by atomic mass is 32.2. The Labute approximate surface area is 167 Å². The van der Waals surface area contributed by atoms with E-state index < -0.39 is 28.5 Å². The highest BCUT2D eigenvalue weighted by Gasteiger charge is 2.17. The first-order valence-corrected chi connectivity index (χ1v) is 9.99. The highest BCUT2D eigenvalue weighted by molar-refractivity contribution is 7.89. The van der Waals surface area contributed by atoms with Crippen LogP contribution in [0.25, 0.3) is 10.8 Å². The molecule has 0 heterocycles. The largest absolute Gasteiger partial charge is 0.496 e. The molecule has 0 atom stereocenters. The lowest BCUT2D eigenvalue weighted by molar-refractivity contribution is -0.119. The third kappa shape index (κ3) is 4.89. The summed E-state index contributed by atoms with van der Waals surface area (Å²) < 4.78 is 33.1. The molecular weight excluding hydrogens is 396 g/mol. The van der Waals surface area contributed by atoms with Gasteiger partial charge in [0.1, 0.15) is 11.3 Å². The topological polar surface area (TPSA) is 125 Å². The maximum Gasteiger partial charge on any atom is 0.342 e. The third-order valence-electron chi connectivity index (χ3n) is 4.07. The van der Waals surface area contributed by atoms with Crippen LogP contribution in [0.4, 0.5) is 5.69 Å². The highest BCUT2D eigenvalue weighted by Crippen LogP contribution is 2.26. The number of anilines is 1. The summed E-state index contributed by atoms with van der Waals surface area (Å²) in [6.07, 6.45) is 0. The van der Waals surface area contributed by atoms with Crippen molar-refractivity contribution in [3.63, 3.8) is 0 Å². The fraction of sp³-hybridized carbons (Fsp3) is 0.100. The first-order chi connectivity index (χ1) is 13.8. The molecule has 0 aromatic heterocycles. The standard InChI is InChI=1S/C20H18N2O6S/c1-27-18-10-14-6-3-2-5-13(14)9-17(18)20(24)28-12-19(23)22-15-7-4-8-16(11-15)29(21,25)26/h2-11H,12H2,1H3,(H,22,23)(H2,21,25,26). The molecule has 9 heteroatoms. The van der Waals surface area contributed by atoms with Crippen LogP contribution in [0.2, 0.25) is 0 Å². The van der Waals surface area contributed by atoms with Crippen LogP contribution < -0.4 is 15.2 Å². The van der Waals surface area contributed by atoms with Crippen molar-refractivity contribution in [3.05, 3.63) is 66.2 Å². The summed E-state index contributed by atoms with van der Waals surface area (Å²) >= 11 is 0. The molecule has 8 nitrogen and oxygen atoms in total. The van der Waals surface area contributed by atoms with Gasteiger partial charge in [-0.15, -0.1) is 0 Å². The second-order valence-corrected chi connectivity index (χ2v) is 7.66. The minimum absolute atomic E-state index is 0.145. The molecule has 0 spiro atoms. The Hall–Kier alpha value is -3.43. The first kappa shape index (κ1) is 20.3. The van der Waals surface area contributed by atoms with E-state index in [0.29, 0.717) is 5.75 Å². The first-order valence-electron chi connectivity index (χ1n) is 8.44. The van der Waals surface area contributed by atoms with Crippen molar-refractivity contribution < 1.29 is 27.5 Å². The number of nitrogens with two attached hydrogens (primary N) is 1. The molecule has 0 aliphatic rings. The molecule has 0 saturated carbocycles. The van der Waals surface area contributed by atoms with Crippen LogP contribution in [0, 0.1) is 0 Å². The van der Waals surface area contributed by atoms with Crippen LogP contribution in [0.15, 0.2) is 65.6 Å². The van der Waals surface area contributed by atoms with E-state index in [-0.39, 0.29) is 16.1 Å². The van der Waals surface area contributed by atoms with Gasteiger partial charge in [-0.1, -0.05) is 30.3 Å². The van der Waals surface area contributed by atoms with Crippen molar-refractivity contribution in [2.24, 2.45) is 5.14 Å². The number of ether oxygens (including phenoxy) is 2. The van der Waals surface area contributed by atoms with E-state index in [0.717, 1.165) is 10.8 Å². The van der Waals surface area contributed by atoms with Crippen LogP contribution in [0.5, 0.6) is 5.75 Å². The fourth-order valence-electron chi connectivity index (χ4n) is 2.70. The molecule has 3 aromatic rings. The van der Waals surface area contributed by atoms with Gasteiger partial charge >= 0.3 is 5.97 Å². The van der Waals surface area contributed by atoms with Gasteiger partial charge in [0.15, 0.2) is 6.61 Å². The molecule has 1 amide bonds. The Morgan fingerprint density at radius 1 is 1.00 bits per heavy atom. The van der Waals surface area contributed by atoms with Crippen molar-refractivity contribution in [1.82, 2.24) is 0 Å². The van der Waals surface area contributed by atoms with Crippen LogP contribution >= 0.6 is 0 Å². The van der Waals surface area contributed by atoms with E-state index in [4.69, 9.17) is 14.6 Å². The Balaban J connectivity index is 1.69. The second kappa shape index (κ2) is 8.29. The van der Waals surface area contributed by atoms with Crippen molar-refractivity contribution >= 4 is 38.4 Å². The maximum absolute atomic E-state index is 12.4. The molecule has 3 aromatic carbocycles. The molecule has 0 aliphatic carbocycles. The number of nitrogens with one attached hydrogen (secondary N) is 1. The summed E-state index contributed by atoms with van der Waals surface area (Å²) in [5, 5.41) is 9.24. The Bertz CT molecular complexity index is 1190. The molecule has 0 fully saturated rings. The molecule has 150 valence electrons. The Kier molecular flexibility index (Phi) is 5.81. The van der Waals surface area contributed by atoms with Crippen LogP contribution in [0.1, 0.15) is 10.4 Å². The van der Waals surface area contributed by atoms with E-state index >= 15 is 0 Å². The minimum atomic E-state index is -3.90. The van der Waals surface area contributed by atoms with Gasteiger partial charge in [0.05, 0.1) is 12.0 Å². The molecule has 0 unspecified atom stereocenters. The monoisotopic (exact) mass is 414 g/mol. The quantitative estimate of drug-likeness (QED) is 0.596. The number of carbonyl (C=O) groups is 2. The lowest BCUT2D eigenvalue weighted by Crippen LogP contribution is -2.21. The molecule has 29 heavy (non-hydrogen) atoms. The van der Waals surface area contributed by atoms with Gasteiger partial charge in [-0.05, 0) is 41.1 Å². The van der Waals surface area contributed by atoms with Gasteiger partial charge < -0.3 is 14.8 Å².